The number of nitrogens with zero attached hydrogens (tertiary/aromatic N) is 2. The van der Waals surface area contributed by atoms with Gasteiger partial charge in [-0.1, -0.05) is 36.4 Å². The molecular weight excluding hydrogens is 416 g/mol. The second-order valence-electron chi connectivity index (χ2n) is 8.21. The first-order valence-electron chi connectivity index (χ1n) is 11.2. The maximum Gasteiger partial charge on any atom is 0.354 e. The van der Waals surface area contributed by atoms with Gasteiger partial charge in [0.2, 0.25) is 0 Å². The van der Waals surface area contributed by atoms with Crippen LogP contribution in [0.5, 0.6) is 0 Å². The molecule has 7 N–H and O–H groups in total. The van der Waals surface area contributed by atoms with Crippen LogP contribution in [0.2, 0.25) is 0 Å². The summed E-state index contributed by atoms with van der Waals surface area (Å²) in [5.74, 6) is 0. The van der Waals surface area contributed by atoms with Crippen molar-refractivity contribution in [3.8, 4) is 16.9 Å². The summed E-state index contributed by atoms with van der Waals surface area (Å²) in [5.41, 5.74) is 16.4. The van der Waals surface area contributed by atoms with E-state index in [0.29, 0.717) is 18.6 Å². The van der Waals surface area contributed by atoms with Gasteiger partial charge in [0.25, 0.3) is 0 Å². The maximum absolute atomic E-state index is 12.7. The van der Waals surface area contributed by atoms with Crippen molar-refractivity contribution in [2.75, 3.05) is 19.7 Å². The largest absolute Gasteiger partial charge is 0.395 e. The number of benzene rings is 2. The highest BCUT2D eigenvalue weighted by molar-refractivity contribution is 5.82. The normalized spacial score (nSPS) is 12.3. The molecule has 0 aliphatic heterocycles. The first-order valence-corrected chi connectivity index (χ1v) is 11.2. The molecule has 0 aliphatic carbocycles. The Labute approximate surface area is 192 Å². The van der Waals surface area contributed by atoms with E-state index in [1.165, 1.54) is 0 Å². The average Bonchev–Trinajstić information content (AvgIpc) is 3.25. The molecule has 0 radical (unpaired) electrons. The lowest BCUT2D eigenvalue weighted by atomic mass is 10.0. The third-order valence-corrected chi connectivity index (χ3v) is 5.61. The van der Waals surface area contributed by atoms with Crippen LogP contribution >= 0.6 is 0 Å². The van der Waals surface area contributed by atoms with Crippen LogP contribution in [0.4, 0.5) is 0 Å². The molecule has 4 aromatic rings. The Morgan fingerprint density at radius 3 is 2.52 bits per heavy atom. The lowest BCUT2D eigenvalue weighted by molar-refractivity contribution is 0.265. The fraction of sp³-hybridized carbons (Fsp3) is 0.280. The molecule has 2 aromatic heterocycles. The summed E-state index contributed by atoms with van der Waals surface area (Å²) >= 11 is 0. The van der Waals surface area contributed by atoms with Gasteiger partial charge in [-0.2, -0.15) is 4.98 Å². The van der Waals surface area contributed by atoms with Crippen molar-refractivity contribution in [2.24, 2.45) is 11.5 Å². The Bertz CT molecular complexity index is 1240. The predicted molar refractivity (Wildman–Crippen MR) is 131 cm³/mol. The number of aliphatic hydroxyl groups excluding tert-OH is 1. The van der Waals surface area contributed by atoms with E-state index in [1.807, 2.05) is 60.8 Å². The second-order valence-corrected chi connectivity index (χ2v) is 8.21. The Kier molecular flexibility index (Phi) is 7.31. The molecule has 0 aliphatic rings. The number of hydrogen-bond acceptors (Lipinski definition) is 6. The monoisotopic (exact) mass is 446 g/mol. The SMILES string of the molecule is NCCCNCc1ccc(-n2cc3cc(-c4ccc(C[C@H](N)CO)cc4)[nH]c3nc2=O)cc1. The molecule has 2 heterocycles. The first-order chi connectivity index (χ1) is 16.1. The summed E-state index contributed by atoms with van der Waals surface area (Å²) in [4.78, 5) is 20.1. The molecule has 0 saturated carbocycles. The summed E-state index contributed by atoms with van der Waals surface area (Å²) in [6.45, 7) is 2.28. The third-order valence-electron chi connectivity index (χ3n) is 5.61. The van der Waals surface area contributed by atoms with Gasteiger partial charge in [-0.25, -0.2) is 4.79 Å². The van der Waals surface area contributed by atoms with Gasteiger partial charge >= 0.3 is 5.69 Å². The zero-order chi connectivity index (χ0) is 23.2. The van der Waals surface area contributed by atoms with Gasteiger partial charge in [0.15, 0.2) is 0 Å². The summed E-state index contributed by atoms with van der Waals surface area (Å²) in [6.07, 6.45) is 3.38. The molecule has 2 aromatic carbocycles. The van der Waals surface area contributed by atoms with Crippen LogP contribution in [0.3, 0.4) is 0 Å². The van der Waals surface area contributed by atoms with Crippen molar-refractivity contribution in [1.29, 1.82) is 0 Å². The van der Waals surface area contributed by atoms with E-state index < -0.39 is 0 Å². The molecule has 4 rings (SSSR count). The molecule has 8 heteroatoms. The Hall–Kier alpha value is -3.30. The maximum atomic E-state index is 12.7. The van der Waals surface area contributed by atoms with Gasteiger partial charge in [0.05, 0.1) is 12.3 Å². The van der Waals surface area contributed by atoms with Crippen molar-refractivity contribution in [3.05, 3.63) is 82.4 Å². The Morgan fingerprint density at radius 1 is 1.09 bits per heavy atom. The molecular formula is C25H30N6O2. The van der Waals surface area contributed by atoms with Crippen LogP contribution in [0.1, 0.15) is 17.5 Å². The number of rotatable bonds is 10. The van der Waals surface area contributed by atoms with E-state index in [-0.39, 0.29) is 18.3 Å². The first kappa shape index (κ1) is 22.9. The van der Waals surface area contributed by atoms with Gasteiger partial charge in [0, 0.05) is 29.9 Å². The van der Waals surface area contributed by atoms with Crippen LogP contribution in [-0.2, 0) is 13.0 Å². The lowest BCUT2D eigenvalue weighted by Gasteiger charge is -2.08. The van der Waals surface area contributed by atoms with Crippen molar-refractivity contribution >= 4 is 11.0 Å². The quantitative estimate of drug-likeness (QED) is 0.235. The number of aromatic amines is 1. The summed E-state index contributed by atoms with van der Waals surface area (Å²) in [7, 11) is 0. The molecule has 33 heavy (non-hydrogen) atoms. The highest BCUT2D eigenvalue weighted by atomic mass is 16.3. The van der Waals surface area contributed by atoms with E-state index in [1.54, 1.807) is 4.57 Å². The topological polar surface area (TPSA) is 135 Å². The summed E-state index contributed by atoms with van der Waals surface area (Å²) in [6, 6.07) is 17.6. The van der Waals surface area contributed by atoms with Crippen LogP contribution < -0.4 is 22.5 Å². The van der Waals surface area contributed by atoms with Crippen LogP contribution in [0.25, 0.3) is 28.0 Å². The fourth-order valence-corrected chi connectivity index (χ4v) is 3.76. The number of aromatic nitrogens is 3. The van der Waals surface area contributed by atoms with Gasteiger partial charge in [-0.05, 0) is 60.8 Å². The van der Waals surface area contributed by atoms with Crippen LogP contribution in [-0.4, -0.2) is 45.4 Å². The number of fused-ring (bicyclic) bond motifs is 1. The molecule has 0 saturated heterocycles. The van der Waals surface area contributed by atoms with E-state index >= 15 is 0 Å². The number of nitrogens with one attached hydrogen (secondary N) is 2. The Balaban J connectivity index is 1.54. The number of nitrogens with two attached hydrogens (primary N) is 2. The lowest BCUT2D eigenvalue weighted by Crippen LogP contribution is -2.26. The van der Waals surface area contributed by atoms with Gasteiger partial charge in [-0.15, -0.1) is 0 Å². The van der Waals surface area contributed by atoms with Crippen molar-refractivity contribution in [2.45, 2.75) is 25.4 Å². The zero-order valence-corrected chi connectivity index (χ0v) is 18.5. The molecule has 8 nitrogen and oxygen atoms in total. The van der Waals surface area contributed by atoms with E-state index in [2.05, 4.69) is 15.3 Å². The smallest absolute Gasteiger partial charge is 0.354 e. The fourth-order valence-electron chi connectivity index (χ4n) is 3.76. The zero-order valence-electron chi connectivity index (χ0n) is 18.5. The third kappa shape index (κ3) is 5.55. The standard InChI is InChI=1S/C25H30N6O2/c26-10-1-11-28-14-18-4-8-22(9-5-18)31-15-20-13-23(29-24(20)30-25(31)33)19-6-2-17(3-7-19)12-21(27)16-32/h2-9,13,15,21,28,32H,1,10-12,14,16,26-27H2,(H,29,30,33)/t21-/m0/s1. The summed E-state index contributed by atoms with van der Waals surface area (Å²) < 4.78 is 1.56. The van der Waals surface area contributed by atoms with Crippen molar-refractivity contribution in [1.82, 2.24) is 19.9 Å². The van der Waals surface area contributed by atoms with E-state index in [0.717, 1.165) is 53.0 Å². The predicted octanol–water partition coefficient (Wildman–Crippen LogP) is 1.68. The van der Waals surface area contributed by atoms with Crippen LogP contribution in [0.15, 0.2) is 65.6 Å². The van der Waals surface area contributed by atoms with Gasteiger partial charge in [-0.3, -0.25) is 4.57 Å². The number of aliphatic hydroxyl groups is 1. The van der Waals surface area contributed by atoms with Crippen molar-refractivity contribution < 1.29 is 5.11 Å². The molecule has 172 valence electrons. The molecule has 0 fully saturated rings. The van der Waals surface area contributed by atoms with E-state index in [4.69, 9.17) is 16.6 Å². The molecule has 0 spiro atoms. The number of hydrogen-bond donors (Lipinski definition) is 5. The highest BCUT2D eigenvalue weighted by Gasteiger charge is 2.10. The molecule has 0 unspecified atom stereocenters. The minimum absolute atomic E-state index is 0.0403. The van der Waals surface area contributed by atoms with E-state index in [9.17, 15) is 4.79 Å². The minimum Gasteiger partial charge on any atom is -0.395 e. The summed E-state index contributed by atoms with van der Waals surface area (Å²) in [5, 5.41) is 13.3. The minimum atomic E-state index is -0.335. The molecule has 1 atom stereocenters. The number of H-pyrrole nitrogens is 1. The average molecular weight is 447 g/mol. The second kappa shape index (κ2) is 10.5. The van der Waals surface area contributed by atoms with Gasteiger partial charge in [0.1, 0.15) is 5.65 Å². The molecule has 0 amide bonds. The highest BCUT2D eigenvalue weighted by Crippen LogP contribution is 2.23. The van der Waals surface area contributed by atoms with Gasteiger partial charge < -0.3 is 26.9 Å². The molecule has 0 bridgehead atoms. The van der Waals surface area contributed by atoms with Crippen LogP contribution in [0, 0.1) is 0 Å². The Morgan fingerprint density at radius 2 is 1.82 bits per heavy atom. The van der Waals surface area contributed by atoms with Crippen molar-refractivity contribution in [3.63, 3.8) is 0 Å².